The van der Waals surface area contributed by atoms with Crippen LogP contribution in [0.1, 0.15) is 38.8 Å². The number of aromatic nitrogens is 1. The molecule has 1 aromatic carbocycles. The molecule has 1 saturated heterocycles. The molecular weight excluding hydrogens is 356 g/mol. The van der Waals surface area contributed by atoms with Crippen molar-refractivity contribution >= 4 is 18.4 Å². The lowest BCUT2D eigenvalue weighted by molar-refractivity contribution is -0.137. The molecule has 1 fully saturated rings. The zero-order valence-electron chi connectivity index (χ0n) is 15.7. The summed E-state index contributed by atoms with van der Waals surface area (Å²) >= 11 is 0. The fourth-order valence-corrected chi connectivity index (χ4v) is 2.73. The Balaban J connectivity index is 1.87. The third kappa shape index (κ3) is 4.11. The molecule has 1 N–H and O–H groups in total. The fourth-order valence-electron chi connectivity index (χ4n) is 2.73. The Morgan fingerprint density at radius 3 is 2.19 bits per heavy atom. The highest BCUT2D eigenvalue weighted by Gasteiger charge is 2.52. The van der Waals surface area contributed by atoms with Crippen LogP contribution in [-0.4, -0.2) is 23.3 Å². The second-order valence-electron chi connectivity index (χ2n) is 7.59. The first-order valence-corrected chi connectivity index (χ1v) is 8.70. The van der Waals surface area contributed by atoms with Gasteiger partial charge in [0, 0.05) is 18.2 Å². The minimum atomic E-state index is -4.55. The van der Waals surface area contributed by atoms with Crippen LogP contribution in [-0.2, 0) is 22.0 Å². The summed E-state index contributed by atoms with van der Waals surface area (Å²) in [6.07, 6.45) is -3.18. The van der Waals surface area contributed by atoms with E-state index in [1.807, 2.05) is 58.0 Å². The summed E-state index contributed by atoms with van der Waals surface area (Å²) in [5.41, 5.74) is -1.01. The molecule has 2 aromatic rings. The van der Waals surface area contributed by atoms with Crippen LogP contribution in [0, 0.1) is 0 Å². The molecule has 2 heterocycles. The minimum absolute atomic E-state index is 0.216. The van der Waals surface area contributed by atoms with Crippen LogP contribution in [0.25, 0.3) is 0 Å². The van der Waals surface area contributed by atoms with Crippen molar-refractivity contribution in [1.82, 2.24) is 4.98 Å². The molecule has 0 atom stereocenters. The first kappa shape index (κ1) is 19.7. The van der Waals surface area contributed by atoms with Crippen molar-refractivity contribution in [2.45, 2.75) is 51.6 Å². The van der Waals surface area contributed by atoms with E-state index in [1.54, 1.807) is 0 Å². The number of benzene rings is 1. The molecule has 0 radical (unpaired) electrons. The van der Waals surface area contributed by atoms with Crippen LogP contribution >= 0.6 is 0 Å². The van der Waals surface area contributed by atoms with Gasteiger partial charge in [-0.05, 0) is 39.3 Å². The van der Waals surface area contributed by atoms with Crippen molar-refractivity contribution in [2.24, 2.45) is 0 Å². The topological polar surface area (TPSA) is 43.4 Å². The van der Waals surface area contributed by atoms with Crippen LogP contribution < -0.4 is 10.8 Å². The molecule has 0 aliphatic carbocycles. The zero-order chi connectivity index (χ0) is 19.9. The van der Waals surface area contributed by atoms with E-state index in [4.69, 9.17) is 9.31 Å². The lowest BCUT2D eigenvalue weighted by Gasteiger charge is -2.32. The summed E-state index contributed by atoms with van der Waals surface area (Å²) in [5.74, 6) is -0.216. The van der Waals surface area contributed by atoms with Crippen LogP contribution in [0.4, 0.5) is 19.0 Å². The van der Waals surface area contributed by atoms with Crippen LogP contribution in [0.3, 0.4) is 0 Å². The molecular formula is C19H22BF3N2O2. The number of hydrogen-bond donors (Lipinski definition) is 1. The first-order valence-electron chi connectivity index (χ1n) is 8.70. The number of nitrogens with one attached hydrogen (secondary N) is 1. The molecule has 144 valence electrons. The molecule has 3 rings (SSSR count). The Kier molecular flexibility index (Phi) is 4.99. The predicted molar refractivity (Wildman–Crippen MR) is 98.7 cm³/mol. The summed E-state index contributed by atoms with van der Waals surface area (Å²) in [6, 6.07) is 10.2. The van der Waals surface area contributed by atoms with E-state index in [9.17, 15) is 13.2 Å². The van der Waals surface area contributed by atoms with Crippen molar-refractivity contribution in [3.05, 3.63) is 53.7 Å². The molecule has 4 nitrogen and oxygen atoms in total. The minimum Gasteiger partial charge on any atom is -0.399 e. The highest BCUT2D eigenvalue weighted by Crippen LogP contribution is 2.38. The average molecular weight is 378 g/mol. The number of halogens is 3. The van der Waals surface area contributed by atoms with Gasteiger partial charge in [0.15, 0.2) is 0 Å². The van der Waals surface area contributed by atoms with Gasteiger partial charge in [-0.25, -0.2) is 4.98 Å². The molecule has 0 unspecified atom stereocenters. The van der Waals surface area contributed by atoms with Gasteiger partial charge in [-0.15, -0.1) is 0 Å². The number of nitrogens with zero attached hydrogens (tertiary/aromatic N) is 1. The number of hydrogen-bond acceptors (Lipinski definition) is 4. The molecule has 1 aliphatic rings. The second kappa shape index (κ2) is 6.84. The fraction of sp³-hybridized carbons (Fsp3) is 0.421. The largest absolute Gasteiger partial charge is 0.496 e. The summed E-state index contributed by atoms with van der Waals surface area (Å²) in [4.78, 5) is 4.01. The van der Waals surface area contributed by atoms with E-state index >= 15 is 0 Å². The summed E-state index contributed by atoms with van der Waals surface area (Å²) in [7, 11) is -0.897. The molecule has 0 amide bonds. The van der Waals surface area contributed by atoms with Crippen molar-refractivity contribution in [3.8, 4) is 0 Å². The SMILES string of the molecule is CC1(C)OB(c2cnc(NCc3ccccc3)c(C(F)(F)F)c2)OC1(C)C. The van der Waals surface area contributed by atoms with Gasteiger partial charge in [-0.3, -0.25) is 0 Å². The van der Waals surface area contributed by atoms with E-state index < -0.39 is 30.1 Å². The molecule has 0 bridgehead atoms. The number of anilines is 1. The number of rotatable bonds is 4. The summed E-state index contributed by atoms with van der Waals surface area (Å²) in [5, 5.41) is 2.77. The third-order valence-corrected chi connectivity index (χ3v) is 5.04. The number of pyridine rings is 1. The quantitative estimate of drug-likeness (QED) is 0.817. The lowest BCUT2D eigenvalue weighted by Crippen LogP contribution is -2.41. The Labute approximate surface area is 157 Å². The standard InChI is InChI=1S/C19H22BF3N2O2/c1-17(2)18(3,4)27-20(26-17)14-10-15(19(21,22)23)16(25-12-14)24-11-13-8-6-5-7-9-13/h5-10,12H,11H2,1-4H3,(H,24,25). The highest BCUT2D eigenvalue weighted by atomic mass is 19.4. The van der Waals surface area contributed by atoms with Crippen LogP contribution in [0.5, 0.6) is 0 Å². The molecule has 0 saturated carbocycles. The van der Waals surface area contributed by atoms with E-state index in [2.05, 4.69) is 10.3 Å². The molecule has 8 heteroatoms. The van der Waals surface area contributed by atoms with Crippen molar-refractivity contribution in [2.75, 3.05) is 5.32 Å². The maximum atomic E-state index is 13.6. The predicted octanol–water partition coefficient (Wildman–Crippen LogP) is 4.01. The van der Waals surface area contributed by atoms with Gasteiger partial charge in [0.05, 0.1) is 16.8 Å². The first-order chi connectivity index (χ1) is 12.5. The zero-order valence-corrected chi connectivity index (χ0v) is 15.7. The van der Waals surface area contributed by atoms with Gasteiger partial charge in [0.1, 0.15) is 5.82 Å². The van der Waals surface area contributed by atoms with Gasteiger partial charge in [0.25, 0.3) is 0 Å². The Morgan fingerprint density at radius 2 is 1.63 bits per heavy atom. The second-order valence-corrected chi connectivity index (χ2v) is 7.59. The Hall–Kier alpha value is -2.06. The van der Waals surface area contributed by atoms with E-state index in [-0.39, 0.29) is 17.8 Å². The third-order valence-electron chi connectivity index (χ3n) is 5.04. The normalized spacial score (nSPS) is 18.6. The Bertz CT molecular complexity index is 794. The molecule has 1 aliphatic heterocycles. The van der Waals surface area contributed by atoms with E-state index in [0.717, 1.165) is 11.6 Å². The maximum Gasteiger partial charge on any atom is 0.496 e. The van der Waals surface area contributed by atoms with E-state index in [1.165, 1.54) is 6.20 Å². The van der Waals surface area contributed by atoms with Gasteiger partial charge < -0.3 is 14.6 Å². The van der Waals surface area contributed by atoms with Gasteiger partial charge in [-0.2, -0.15) is 13.2 Å². The van der Waals surface area contributed by atoms with Gasteiger partial charge >= 0.3 is 13.3 Å². The van der Waals surface area contributed by atoms with Gasteiger partial charge in [-0.1, -0.05) is 30.3 Å². The number of alkyl halides is 3. The van der Waals surface area contributed by atoms with Crippen LogP contribution in [0.2, 0.25) is 0 Å². The average Bonchev–Trinajstić information content (AvgIpc) is 2.81. The van der Waals surface area contributed by atoms with Crippen LogP contribution in [0.15, 0.2) is 42.6 Å². The summed E-state index contributed by atoms with van der Waals surface area (Å²) < 4.78 is 52.4. The van der Waals surface area contributed by atoms with Crippen molar-refractivity contribution in [1.29, 1.82) is 0 Å². The highest BCUT2D eigenvalue weighted by molar-refractivity contribution is 6.62. The molecule has 0 spiro atoms. The lowest BCUT2D eigenvalue weighted by atomic mass is 9.79. The monoisotopic (exact) mass is 378 g/mol. The smallest absolute Gasteiger partial charge is 0.399 e. The Morgan fingerprint density at radius 1 is 1.04 bits per heavy atom. The maximum absolute atomic E-state index is 13.6. The molecule has 27 heavy (non-hydrogen) atoms. The van der Waals surface area contributed by atoms with E-state index in [0.29, 0.717) is 0 Å². The van der Waals surface area contributed by atoms with Crippen molar-refractivity contribution < 1.29 is 22.5 Å². The van der Waals surface area contributed by atoms with Crippen molar-refractivity contribution in [3.63, 3.8) is 0 Å². The van der Waals surface area contributed by atoms with Gasteiger partial charge in [0.2, 0.25) is 0 Å². The molecule has 1 aromatic heterocycles. The summed E-state index contributed by atoms with van der Waals surface area (Å²) in [6.45, 7) is 7.64.